The van der Waals surface area contributed by atoms with E-state index in [0.29, 0.717) is 13.0 Å². The van der Waals surface area contributed by atoms with Gasteiger partial charge in [0.05, 0.1) is 0 Å². The summed E-state index contributed by atoms with van der Waals surface area (Å²) in [5.74, 6) is 1.54. The molecule has 1 aliphatic rings. The fourth-order valence-electron chi connectivity index (χ4n) is 2.83. The minimum atomic E-state index is -0.288. The summed E-state index contributed by atoms with van der Waals surface area (Å²) in [6, 6.07) is 6.00. The smallest absolute Gasteiger partial charge is 0.244 e. The van der Waals surface area contributed by atoms with Crippen molar-refractivity contribution in [3.63, 3.8) is 0 Å². The van der Waals surface area contributed by atoms with Crippen molar-refractivity contribution in [3.05, 3.63) is 53.4 Å². The van der Waals surface area contributed by atoms with Crippen LogP contribution < -0.4 is 5.32 Å². The molecule has 0 spiro atoms. The minimum Gasteiger partial charge on any atom is -0.352 e. The second-order valence-corrected chi connectivity index (χ2v) is 5.92. The first-order chi connectivity index (χ1) is 11.7. The number of halogens is 1. The summed E-state index contributed by atoms with van der Waals surface area (Å²) in [5, 5.41) is 11.3. The van der Waals surface area contributed by atoms with Gasteiger partial charge in [-0.1, -0.05) is 18.6 Å². The van der Waals surface area contributed by atoms with E-state index in [1.165, 1.54) is 31.1 Å². The molecule has 5 nitrogen and oxygen atoms in total. The molecular weight excluding hydrogens is 307 g/mol. The number of benzene rings is 1. The number of carbonyl (C=O) groups excluding carboxylic acids is 1. The van der Waals surface area contributed by atoms with Crippen LogP contribution in [0.25, 0.3) is 6.08 Å². The number of amides is 1. The van der Waals surface area contributed by atoms with Crippen molar-refractivity contribution in [1.29, 1.82) is 0 Å². The standard InChI is InChI=1S/C18H21FN4O/c19-15-8-5-14(6-9-15)7-10-18(24)20-12-11-17-22-21-16-4-2-1-3-13-23(16)17/h5-10H,1-4,11-13H2,(H,20,24)/b10-7+. The zero-order chi connectivity index (χ0) is 16.8. The summed E-state index contributed by atoms with van der Waals surface area (Å²) < 4.78 is 15.0. The molecule has 0 unspecified atom stereocenters. The Morgan fingerprint density at radius 2 is 2.04 bits per heavy atom. The highest BCUT2D eigenvalue weighted by Crippen LogP contribution is 2.14. The lowest BCUT2D eigenvalue weighted by atomic mass is 10.2. The molecule has 1 N–H and O–H groups in total. The number of aryl methyl sites for hydroxylation is 1. The molecule has 1 aliphatic heterocycles. The summed E-state index contributed by atoms with van der Waals surface area (Å²) in [4.78, 5) is 11.8. The number of fused-ring (bicyclic) bond motifs is 1. The van der Waals surface area contributed by atoms with Crippen LogP contribution in [0.3, 0.4) is 0 Å². The van der Waals surface area contributed by atoms with Crippen molar-refractivity contribution >= 4 is 12.0 Å². The van der Waals surface area contributed by atoms with E-state index >= 15 is 0 Å². The normalized spacial score (nSPS) is 14.4. The number of aromatic nitrogens is 3. The van der Waals surface area contributed by atoms with Gasteiger partial charge in [0.2, 0.25) is 5.91 Å². The van der Waals surface area contributed by atoms with Crippen LogP contribution in [0.5, 0.6) is 0 Å². The Morgan fingerprint density at radius 3 is 2.88 bits per heavy atom. The lowest BCUT2D eigenvalue weighted by Crippen LogP contribution is -2.24. The first kappa shape index (κ1) is 16.4. The van der Waals surface area contributed by atoms with Crippen LogP contribution in [0.15, 0.2) is 30.3 Å². The monoisotopic (exact) mass is 328 g/mol. The van der Waals surface area contributed by atoms with Gasteiger partial charge < -0.3 is 9.88 Å². The highest BCUT2D eigenvalue weighted by molar-refractivity contribution is 5.91. The Hall–Kier alpha value is -2.50. The van der Waals surface area contributed by atoms with E-state index in [-0.39, 0.29) is 11.7 Å². The summed E-state index contributed by atoms with van der Waals surface area (Å²) >= 11 is 0. The molecule has 0 saturated carbocycles. The predicted octanol–water partition coefficient (Wildman–Crippen LogP) is 2.52. The van der Waals surface area contributed by atoms with Crippen LogP contribution >= 0.6 is 0 Å². The van der Waals surface area contributed by atoms with Gasteiger partial charge in [-0.2, -0.15) is 0 Å². The lowest BCUT2D eigenvalue weighted by Gasteiger charge is -2.07. The molecule has 2 heterocycles. The molecule has 1 aromatic heterocycles. The van der Waals surface area contributed by atoms with Crippen molar-refractivity contribution in [2.45, 2.75) is 38.6 Å². The highest BCUT2D eigenvalue weighted by Gasteiger charge is 2.14. The van der Waals surface area contributed by atoms with E-state index < -0.39 is 0 Å². The van der Waals surface area contributed by atoms with Gasteiger partial charge in [0.1, 0.15) is 17.5 Å². The third kappa shape index (κ3) is 4.28. The lowest BCUT2D eigenvalue weighted by molar-refractivity contribution is -0.116. The quantitative estimate of drug-likeness (QED) is 0.858. The van der Waals surface area contributed by atoms with Gasteiger partial charge >= 0.3 is 0 Å². The Kier molecular flexibility index (Phi) is 5.36. The molecule has 3 rings (SSSR count). The summed E-state index contributed by atoms with van der Waals surface area (Å²) in [6.07, 6.45) is 8.33. The van der Waals surface area contributed by atoms with Crippen LogP contribution in [-0.4, -0.2) is 27.2 Å². The van der Waals surface area contributed by atoms with Crippen LogP contribution in [0, 0.1) is 5.82 Å². The van der Waals surface area contributed by atoms with Crippen LogP contribution in [0.4, 0.5) is 4.39 Å². The number of hydrogen-bond donors (Lipinski definition) is 1. The van der Waals surface area contributed by atoms with Crippen molar-refractivity contribution < 1.29 is 9.18 Å². The van der Waals surface area contributed by atoms with Crippen molar-refractivity contribution in [3.8, 4) is 0 Å². The molecule has 1 aromatic carbocycles. The molecule has 6 heteroatoms. The maximum absolute atomic E-state index is 12.8. The average molecular weight is 328 g/mol. The van der Waals surface area contributed by atoms with Gasteiger partial charge in [-0.15, -0.1) is 10.2 Å². The fraction of sp³-hybridized carbons (Fsp3) is 0.389. The summed E-state index contributed by atoms with van der Waals surface area (Å²) in [6.45, 7) is 1.49. The molecule has 0 fully saturated rings. The Morgan fingerprint density at radius 1 is 1.21 bits per heavy atom. The van der Waals surface area contributed by atoms with Gasteiger partial charge in [0, 0.05) is 32.0 Å². The molecule has 0 radical (unpaired) electrons. The average Bonchev–Trinajstić information content (AvgIpc) is 2.81. The third-order valence-corrected chi connectivity index (χ3v) is 4.13. The van der Waals surface area contributed by atoms with E-state index in [1.54, 1.807) is 18.2 Å². The Bertz CT molecular complexity index is 721. The maximum Gasteiger partial charge on any atom is 0.244 e. The van der Waals surface area contributed by atoms with Crippen molar-refractivity contribution in [2.24, 2.45) is 0 Å². The van der Waals surface area contributed by atoms with E-state index in [9.17, 15) is 9.18 Å². The zero-order valence-electron chi connectivity index (χ0n) is 13.5. The zero-order valence-corrected chi connectivity index (χ0v) is 13.5. The van der Waals surface area contributed by atoms with Crippen molar-refractivity contribution in [2.75, 3.05) is 6.54 Å². The molecule has 0 atom stereocenters. The van der Waals surface area contributed by atoms with Crippen LogP contribution in [-0.2, 0) is 24.2 Å². The van der Waals surface area contributed by atoms with E-state index in [2.05, 4.69) is 20.1 Å². The second-order valence-electron chi connectivity index (χ2n) is 5.92. The largest absolute Gasteiger partial charge is 0.352 e. The molecule has 0 aliphatic carbocycles. The molecule has 1 amide bonds. The summed E-state index contributed by atoms with van der Waals surface area (Å²) in [7, 11) is 0. The first-order valence-corrected chi connectivity index (χ1v) is 8.35. The fourth-order valence-corrected chi connectivity index (χ4v) is 2.83. The van der Waals surface area contributed by atoms with E-state index in [1.807, 2.05) is 0 Å². The Labute approximate surface area is 140 Å². The van der Waals surface area contributed by atoms with Crippen LogP contribution in [0.1, 0.15) is 36.5 Å². The van der Waals surface area contributed by atoms with Gasteiger partial charge in [-0.25, -0.2) is 4.39 Å². The molecular formula is C18H21FN4O. The number of hydrogen-bond acceptors (Lipinski definition) is 3. The van der Waals surface area contributed by atoms with Gasteiger partial charge in [-0.3, -0.25) is 4.79 Å². The van der Waals surface area contributed by atoms with Gasteiger partial charge in [0.25, 0.3) is 0 Å². The molecule has 0 bridgehead atoms. The SMILES string of the molecule is O=C(/C=C/c1ccc(F)cc1)NCCc1nnc2n1CCCCC2. The van der Waals surface area contributed by atoms with Gasteiger partial charge in [-0.05, 0) is 36.6 Å². The molecule has 24 heavy (non-hydrogen) atoms. The topological polar surface area (TPSA) is 59.8 Å². The van der Waals surface area contributed by atoms with Crippen LogP contribution in [0.2, 0.25) is 0 Å². The maximum atomic E-state index is 12.8. The third-order valence-electron chi connectivity index (χ3n) is 4.13. The number of carbonyl (C=O) groups is 1. The van der Waals surface area contributed by atoms with Crippen molar-refractivity contribution in [1.82, 2.24) is 20.1 Å². The molecule has 2 aromatic rings. The minimum absolute atomic E-state index is 0.171. The second kappa shape index (κ2) is 7.86. The number of rotatable bonds is 5. The highest BCUT2D eigenvalue weighted by atomic mass is 19.1. The van der Waals surface area contributed by atoms with Gasteiger partial charge in [0.15, 0.2) is 0 Å². The first-order valence-electron chi connectivity index (χ1n) is 8.35. The van der Waals surface area contributed by atoms with E-state index in [0.717, 1.165) is 36.6 Å². The number of nitrogens with one attached hydrogen (secondary N) is 1. The molecule has 126 valence electrons. The predicted molar refractivity (Wildman–Crippen MR) is 89.7 cm³/mol. The Balaban J connectivity index is 1.48. The summed E-state index contributed by atoms with van der Waals surface area (Å²) in [5.41, 5.74) is 0.786. The number of nitrogens with zero attached hydrogens (tertiary/aromatic N) is 3. The van der Waals surface area contributed by atoms with E-state index in [4.69, 9.17) is 0 Å². The molecule has 0 saturated heterocycles.